The number of hydrogen-bond donors (Lipinski definition) is 1. The summed E-state index contributed by atoms with van der Waals surface area (Å²) in [5.74, 6) is -1.55. The molecule has 0 aromatic carbocycles. The number of amides is 1. The van der Waals surface area contributed by atoms with Gasteiger partial charge in [0, 0.05) is 31.5 Å². The van der Waals surface area contributed by atoms with Crippen LogP contribution in [0, 0.1) is 5.82 Å². The number of halogens is 4. The topological polar surface area (TPSA) is 88.3 Å². The zero-order valence-electron chi connectivity index (χ0n) is 15.6. The van der Waals surface area contributed by atoms with E-state index in [1.165, 1.54) is 6.20 Å². The molecule has 0 saturated carbocycles. The molecule has 1 N–H and O–H groups in total. The highest BCUT2D eigenvalue weighted by molar-refractivity contribution is 5.77. The number of carbonyl (C=O) groups is 1. The first-order valence-corrected chi connectivity index (χ1v) is 9.21. The lowest BCUT2D eigenvalue weighted by Gasteiger charge is -2.33. The van der Waals surface area contributed by atoms with Gasteiger partial charge in [0.05, 0.1) is 29.7 Å². The number of fused-ring (bicyclic) bond motifs is 1. The average Bonchev–Trinajstić information content (AvgIpc) is 3.13. The molecule has 0 spiro atoms. The van der Waals surface area contributed by atoms with Crippen LogP contribution < -0.4 is 5.32 Å². The number of alkyl halides is 3. The lowest BCUT2D eigenvalue weighted by molar-refractivity contribution is -0.162. The number of hydrogen-bond acceptors (Lipinski definition) is 6. The zero-order chi connectivity index (χ0) is 21.3. The fourth-order valence-electron chi connectivity index (χ4n) is 3.40. The highest BCUT2D eigenvalue weighted by Gasteiger charge is 2.35. The van der Waals surface area contributed by atoms with Crippen molar-refractivity contribution in [3.8, 4) is 11.4 Å². The van der Waals surface area contributed by atoms with Crippen molar-refractivity contribution in [1.29, 1.82) is 0 Å². The molecule has 1 amide bonds. The van der Waals surface area contributed by atoms with Gasteiger partial charge in [0.2, 0.25) is 5.91 Å². The Morgan fingerprint density at radius 3 is 2.90 bits per heavy atom. The third-order valence-electron chi connectivity index (χ3n) is 4.78. The van der Waals surface area contributed by atoms with E-state index in [4.69, 9.17) is 0 Å². The highest BCUT2D eigenvalue weighted by atomic mass is 19.4. The minimum absolute atomic E-state index is 0.0360. The van der Waals surface area contributed by atoms with Gasteiger partial charge in [-0.3, -0.25) is 9.78 Å². The molecule has 1 aliphatic heterocycles. The van der Waals surface area contributed by atoms with E-state index >= 15 is 0 Å². The summed E-state index contributed by atoms with van der Waals surface area (Å²) in [7, 11) is 0. The number of nitrogens with zero attached hydrogens (tertiary/aromatic N) is 6. The molecule has 1 atom stereocenters. The third kappa shape index (κ3) is 4.31. The number of rotatable bonds is 4. The molecule has 158 valence electrons. The Morgan fingerprint density at radius 2 is 2.10 bits per heavy atom. The first-order valence-electron chi connectivity index (χ1n) is 9.21. The summed E-state index contributed by atoms with van der Waals surface area (Å²) in [4.78, 5) is 25.3. The Labute approximate surface area is 168 Å². The summed E-state index contributed by atoms with van der Waals surface area (Å²) in [5.41, 5.74) is 1.19. The Balaban J connectivity index is 1.52. The molecule has 0 bridgehead atoms. The summed E-state index contributed by atoms with van der Waals surface area (Å²) in [5, 5.41) is 7.07. The van der Waals surface area contributed by atoms with Crippen LogP contribution in [0.3, 0.4) is 0 Å². The van der Waals surface area contributed by atoms with Gasteiger partial charge in [0.1, 0.15) is 6.42 Å². The van der Waals surface area contributed by atoms with Crippen LogP contribution in [0.5, 0.6) is 0 Å². The van der Waals surface area contributed by atoms with Crippen molar-refractivity contribution >= 4 is 17.2 Å². The molecule has 3 aromatic heterocycles. The first kappa shape index (κ1) is 20.0. The Morgan fingerprint density at radius 1 is 1.27 bits per heavy atom. The molecule has 0 unspecified atom stereocenters. The summed E-state index contributed by atoms with van der Waals surface area (Å²) in [6, 6.07) is -0.432. The van der Waals surface area contributed by atoms with Crippen molar-refractivity contribution in [3.05, 3.63) is 36.8 Å². The summed E-state index contributed by atoms with van der Waals surface area (Å²) in [6.07, 6.45) is 2.34. The number of anilines is 1. The molecule has 3 aromatic rings. The van der Waals surface area contributed by atoms with Gasteiger partial charge in [-0.05, 0) is 12.8 Å². The molecular formula is C18H17F4N7O. The van der Waals surface area contributed by atoms with Gasteiger partial charge >= 0.3 is 6.18 Å². The molecule has 30 heavy (non-hydrogen) atoms. The van der Waals surface area contributed by atoms with Gasteiger partial charge in [0.25, 0.3) is 0 Å². The molecule has 0 aliphatic carbocycles. The molecule has 1 fully saturated rings. The van der Waals surface area contributed by atoms with Crippen LogP contribution in [-0.2, 0) is 4.79 Å². The maximum atomic E-state index is 14.3. The van der Waals surface area contributed by atoms with Crippen molar-refractivity contribution < 1.29 is 22.4 Å². The van der Waals surface area contributed by atoms with Gasteiger partial charge in [-0.2, -0.15) is 18.3 Å². The predicted molar refractivity (Wildman–Crippen MR) is 97.9 cm³/mol. The third-order valence-corrected chi connectivity index (χ3v) is 4.78. The number of aromatic nitrogens is 5. The minimum atomic E-state index is -4.56. The van der Waals surface area contributed by atoms with E-state index in [9.17, 15) is 22.4 Å². The predicted octanol–water partition coefficient (Wildman–Crippen LogP) is 2.68. The van der Waals surface area contributed by atoms with Crippen LogP contribution in [0.4, 0.5) is 23.4 Å². The number of piperidine rings is 1. The Kier molecular flexibility index (Phi) is 5.22. The summed E-state index contributed by atoms with van der Waals surface area (Å²) in [6.45, 7) is 0.272. The second kappa shape index (κ2) is 7.84. The SMILES string of the molecule is O=C(CC(F)(F)F)N1CCC[C@@H](Nc2nc(-c3cnn4ccncc34)ncc2F)C1. The first-order chi connectivity index (χ1) is 14.3. The van der Waals surface area contributed by atoms with Crippen molar-refractivity contribution in [1.82, 2.24) is 29.5 Å². The molecule has 1 saturated heterocycles. The fraction of sp³-hybridized carbons (Fsp3) is 0.389. The smallest absolute Gasteiger partial charge is 0.363 e. The molecule has 12 heteroatoms. The van der Waals surface area contributed by atoms with E-state index in [0.717, 1.165) is 11.1 Å². The standard InChI is InChI=1S/C18H17F4N7O/c19-13-8-24-16(12-7-25-29-5-3-23-9-14(12)29)27-17(13)26-11-2-1-4-28(10-11)15(30)6-18(20,21)22/h3,5,7-9,11H,1-2,4,6,10H2,(H,24,26,27)/t11-/m1/s1. The highest BCUT2D eigenvalue weighted by Crippen LogP contribution is 2.25. The Hall–Kier alpha value is -3.31. The number of likely N-dealkylation sites (tertiary alicyclic amines) is 1. The van der Waals surface area contributed by atoms with E-state index in [-0.39, 0.29) is 24.7 Å². The second-order valence-electron chi connectivity index (χ2n) is 6.97. The molecular weight excluding hydrogens is 406 g/mol. The van der Waals surface area contributed by atoms with Crippen LogP contribution >= 0.6 is 0 Å². The van der Waals surface area contributed by atoms with Gasteiger partial charge in [-0.1, -0.05) is 0 Å². The van der Waals surface area contributed by atoms with Crippen molar-refractivity contribution in [2.24, 2.45) is 0 Å². The Bertz CT molecular complexity index is 1070. The monoisotopic (exact) mass is 423 g/mol. The molecule has 4 rings (SSSR count). The average molecular weight is 423 g/mol. The molecule has 0 radical (unpaired) electrons. The fourth-order valence-corrected chi connectivity index (χ4v) is 3.40. The normalized spacial score (nSPS) is 17.3. The summed E-state index contributed by atoms with van der Waals surface area (Å²) >= 11 is 0. The zero-order valence-corrected chi connectivity index (χ0v) is 15.6. The van der Waals surface area contributed by atoms with Crippen LogP contribution in [-0.4, -0.2) is 60.7 Å². The van der Waals surface area contributed by atoms with E-state index in [1.807, 2.05) is 0 Å². The number of carbonyl (C=O) groups excluding carboxylic acids is 1. The largest absolute Gasteiger partial charge is 0.397 e. The van der Waals surface area contributed by atoms with Gasteiger partial charge in [-0.25, -0.2) is 18.9 Å². The maximum absolute atomic E-state index is 14.3. The van der Waals surface area contributed by atoms with E-state index in [1.54, 1.807) is 23.1 Å². The number of nitrogens with one attached hydrogen (secondary N) is 1. The van der Waals surface area contributed by atoms with Crippen molar-refractivity contribution in [3.63, 3.8) is 0 Å². The van der Waals surface area contributed by atoms with Crippen LogP contribution in [0.25, 0.3) is 16.9 Å². The molecule has 1 aliphatic rings. The molecule has 8 nitrogen and oxygen atoms in total. The van der Waals surface area contributed by atoms with E-state index in [2.05, 4.69) is 25.4 Å². The summed E-state index contributed by atoms with van der Waals surface area (Å²) < 4.78 is 53.4. The second-order valence-corrected chi connectivity index (χ2v) is 6.97. The van der Waals surface area contributed by atoms with Crippen LogP contribution in [0.15, 0.2) is 31.0 Å². The molecule has 4 heterocycles. The van der Waals surface area contributed by atoms with E-state index < -0.39 is 30.4 Å². The maximum Gasteiger partial charge on any atom is 0.397 e. The van der Waals surface area contributed by atoms with Gasteiger partial charge < -0.3 is 10.2 Å². The minimum Gasteiger partial charge on any atom is -0.363 e. The van der Waals surface area contributed by atoms with Crippen LogP contribution in [0.2, 0.25) is 0 Å². The lowest BCUT2D eigenvalue weighted by atomic mass is 10.1. The van der Waals surface area contributed by atoms with Crippen LogP contribution in [0.1, 0.15) is 19.3 Å². The van der Waals surface area contributed by atoms with Gasteiger partial charge in [0.15, 0.2) is 17.5 Å². The quantitative estimate of drug-likeness (QED) is 0.650. The van der Waals surface area contributed by atoms with E-state index in [0.29, 0.717) is 23.9 Å². The lowest BCUT2D eigenvalue weighted by Crippen LogP contribution is -2.46. The van der Waals surface area contributed by atoms with Gasteiger partial charge in [-0.15, -0.1) is 0 Å². The van der Waals surface area contributed by atoms with Crippen molar-refractivity contribution in [2.45, 2.75) is 31.5 Å². The van der Waals surface area contributed by atoms with Crippen molar-refractivity contribution in [2.75, 3.05) is 18.4 Å².